The first-order valence-corrected chi connectivity index (χ1v) is 6.17. The number of hydrogen-bond acceptors (Lipinski definition) is 5. The van der Waals surface area contributed by atoms with E-state index in [1.807, 2.05) is 0 Å². The summed E-state index contributed by atoms with van der Waals surface area (Å²) in [6.45, 7) is 0. The molecule has 0 unspecified atom stereocenters. The predicted octanol–water partition coefficient (Wildman–Crippen LogP) is 2.73. The maximum absolute atomic E-state index is 10.9. The lowest BCUT2D eigenvalue weighted by Gasteiger charge is -2.13. The molecule has 21 heavy (non-hydrogen) atoms. The number of carbonyl (C=O) groups is 1. The molecular weight excluding hydrogens is 272 g/mol. The minimum atomic E-state index is -1.05. The standard InChI is InChI=1S/C15H16N2O4/c1-20-10-4-6-13(14(8-10)21-2)17-9-3-5-11(15(18)19)12(16)7-9/h3-8,17H,16H2,1-2H3,(H,18,19). The molecule has 0 aliphatic rings. The first-order valence-electron chi connectivity index (χ1n) is 6.17. The van der Waals surface area contributed by atoms with Gasteiger partial charge in [0.2, 0.25) is 0 Å². The van der Waals surface area contributed by atoms with E-state index in [0.29, 0.717) is 17.2 Å². The second kappa shape index (κ2) is 6.04. The van der Waals surface area contributed by atoms with Gasteiger partial charge in [-0.15, -0.1) is 0 Å². The summed E-state index contributed by atoms with van der Waals surface area (Å²) in [4.78, 5) is 10.9. The highest BCUT2D eigenvalue weighted by molar-refractivity contribution is 5.94. The monoisotopic (exact) mass is 288 g/mol. The molecule has 2 rings (SSSR count). The van der Waals surface area contributed by atoms with Crippen molar-refractivity contribution >= 4 is 23.0 Å². The van der Waals surface area contributed by atoms with Crippen LogP contribution < -0.4 is 20.5 Å². The minimum Gasteiger partial charge on any atom is -0.497 e. The molecule has 0 saturated carbocycles. The van der Waals surface area contributed by atoms with E-state index in [2.05, 4.69) is 5.32 Å². The number of methoxy groups -OCH3 is 2. The number of hydrogen-bond donors (Lipinski definition) is 3. The van der Waals surface area contributed by atoms with Gasteiger partial charge in [0.25, 0.3) is 0 Å². The molecule has 0 heterocycles. The fraction of sp³-hybridized carbons (Fsp3) is 0.133. The average Bonchev–Trinajstić information content (AvgIpc) is 2.47. The van der Waals surface area contributed by atoms with Crippen molar-refractivity contribution in [2.75, 3.05) is 25.3 Å². The van der Waals surface area contributed by atoms with Crippen molar-refractivity contribution in [1.29, 1.82) is 0 Å². The molecule has 2 aromatic carbocycles. The zero-order valence-electron chi connectivity index (χ0n) is 11.7. The molecule has 4 N–H and O–H groups in total. The Kier molecular flexibility index (Phi) is 4.18. The summed E-state index contributed by atoms with van der Waals surface area (Å²) in [5.74, 6) is 0.231. The molecule has 0 spiro atoms. The van der Waals surface area contributed by atoms with Gasteiger partial charge in [-0.1, -0.05) is 0 Å². The van der Waals surface area contributed by atoms with E-state index in [1.54, 1.807) is 44.6 Å². The molecule has 0 bridgehead atoms. The van der Waals surface area contributed by atoms with E-state index in [0.717, 1.165) is 5.69 Å². The Morgan fingerprint density at radius 3 is 2.48 bits per heavy atom. The van der Waals surface area contributed by atoms with Crippen molar-refractivity contribution in [1.82, 2.24) is 0 Å². The van der Waals surface area contributed by atoms with Crippen molar-refractivity contribution in [3.05, 3.63) is 42.0 Å². The van der Waals surface area contributed by atoms with Gasteiger partial charge >= 0.3 is 5.97 Å². The quantitative estimate of drug-likeness (QED) is 0.732. The normalized spacial score (nSPS) is 10.0. The Balaban J connectivity index is 2.30. The summed E-state index contributed by atoms with van der Waals surface area (Å²) in [7, 11) is 3.13. The van der Waals surface area contributed by atoms with Gasteiger partial charge in [-0.3, -0.25) is 0 Å². The molecule has 6 nitrogen and oxygen atoms in total. The third-order valence-corrected chi connectivity index (χ3v) is 2.97. The van der Waals surface area contributed by atoms with Crippen LogP contribution in [0.1, 0.15) is 10.4 Å². The first kappa shape index (κ1) is 14.5. The molecule has 0 saturated heterocycles. The number of nitrogens with two attached hydrogens (primary N) is 1. The number of benzene rings is 2. The predicted molar refractivity (Wildman–Crippen MR) is 80.6 cm³/mol. The largest absolute Gasteiger partial charge is 0.497 e. The Morgan fingerprint density at radius 1 is 1.14 bits per heavy atom. The first-order chi connectivity index (χ1) is 10.0. The highest BCUT2D eigenvalue weighted by Crippen LogP contribution is 2.32. The van der Waals surface area contributed by atoms with Crippen molar-refractivity contribution < 1.29 is 19.4 Å². The van der Waals surface area contributed by atoms with Crippen LogP contribution in [0, 0.1) is 0 Å². The second-order valence-corrected chi connectivity index (χ2v) is 4.30. The topological polar surface area (TPSA) is 93.8 Å². The van der Waals surface area contributed by atoms with Gasteiger partial charge in [0.15, 0.2) is 0 Å². The fourth-order valence-electron chi connectivity index (χ4n) is 1.89. The summed E-state index contributed by atoms with van der Waals surface area (Å²) in [5.41, 5.74) is 7.38. The molecule has 0 atom stereocenters. The molecule has 6 heteroatoms. The molecule has 0 fully saturated rings. The van der Waals surface area contributed by atoms with Crippen LogP contribution >= 0.6 is 0 Å². The minimum absolute atomic E-state index is 0.0715. The highest BCUT2D eigenvalue weighted by atomic mass is 16.5. The fourth-order valence-corrected chi connectivity index (χ4v) is 1.89. The maximum Gasteiger partial charge on any atom is 0.337 e. The van der Waals surface area contributed by atoms with E-state index >= 15 is 0 Å². The number of anilines is 3. The van der Waals surface area contributed by atoms with E-state index in [1.165, 1.54) is 6.07 Å². The van der Waals surface area contributed by atoms with Crippen molar-refractivity contribution in [3.63, 3.8) is 0 Å². The lowest BCUT2D eigenvalue weighted by atomic mass is 10.1. The van der Waals surface area contributed by atoms with Crippen LogP contribution in [0.15, 0.2) is 36.4 Å². The summed E-state index contributed by atoms with van der Waals surface area (Å²) < 4.78 is 10.4. The molecule has 0 aromatic heterocycles. The molecule has 0 radical (unpaired) electrons. The van der Waals surface area contributed by atoms with E-state index < -0.39 is 5.97 Å². The van der Waals surface area contributed by atoms with E-state index in [9.17, 15) is 4.79 Å². The number of aromatic carboxylic acids is 1. The summed E-state index contributed by atoms with van der Waals surface area (Å²) in [5, 5.41) is 12.1. The van der Waals surface area contributed by atoms with Crippen molar-refractivity contribution in [2.24, 2.45) is 0 Å². The van der Waals surface area contributed by atoms with Crippen LogP contribution in [0.2, 0.25) is 0 Å². The molecule has 0 amide bonds. The van der Waals surface area contributed by atoms with Gasteiger partial charge in [-0.2, -0.15) is 0 Å². The lowest BCUT2D eigenvalue weighted by molar-refractivity contribution is 0.0698. The number of ether oxygens (including phenoxy) is 2. The molecule has 0 aliphatic carbocycles. The van der Waals surface area contributed by atoms with Gasteiger partial charge in [-0.05, 0) is 30.3 Å². The van der Waals surface area contributed by atoms with Crippen LogP contribution in [0.5, 0.6) is 11.5 Å². The van der Waals surface area contributed by atoms with Crippen molar-refractivity contribution in [3.8, 4) is 11.5 Å². The van der Waals surface area contributed by atoms with E-state index in [4.69, 9.17) is 20.3 Å². The van der Waals surface area contributed by atoms with Gasteiger partial charge in [0.1, 0.15) is 11.5 Å². The molecular formula is C15H16N2O4. The Bertz CT molecular complexity index is 671. The Labute approximate surface area is 122 Å². The summed E-state index contributed by atoms with van der Waals surface area (Å²) >= 11 is 0. The zero-order chi connectivity index (χ0) is 15.4. The lowest BCUT2D eigenvalue weighted by Crippen LogP contribution is -2.03. The average molecular weight is 288 g/mol. The summed E-state index contributed by atoms with van der Waals surface area (Å²) in [6, 6.07) is 10.0. The smallest absolute Gasteiger partial charge is 0.337 e. The number of carboxylic acid groups (broad SMARTS) is 1. The van der Waals surface area contributed by atoms with Crippen LogP contribution in [0.4, 0.5) is 17.1 Å². The van der Waals surface area contributed by atoms with Crippen molar-refractivity contribution in [2.45, 2.75) is 0 Å². The third-order valence-electron chi connectivity index (χ3n) is 2.97. The zero-order valence-corrected chi connectivity index (χ0v) is 11.7. The van der Waals surface area contributed by atoms with Crippen LogP contribution in [-0.2, 0) is 0 Å². The number of carboxylic acids is 1. The number of rotatable bonds is 5. The van der Waals surface area contributed by atoms with Crippen LogP contribution in [-0.4, -0.2) is 25.3 Å². The van der Waals surface area contributed by atoms with Gasteiger partial charge < -0.3 is 25.6 Å². The summed E-state index contributed by atoms with van der Waals surface area (Å²) in [6.07, 6.45) is 0. The van der Waals surface area contributed by atoms with Gasteiger partial charge in [-0.25, -0.2) is 4.79 Å². The maximum atomic E-state index is 10.9. The SMILES string of the molecule is COc1ccc(Nc2ccc(C(=O)O)c(N)c2)c(OC)c1. The van der Waals surface area contributed by atoms with Gasteiger partial charge in [0, 0.05) is 17.4 Å². The van der Waals surface area contributed by atoms with E-state index in [-0.39, 0.29) is 11.3 Å². The Hall–Kier alpha value is -2.89. The molecule has 110 valence electrons. The number of nitrogen functional groups attached to an aromatic ring is 1. The van der Waals surface area contributed by atoms with Crippen LogP contribution in [0.3, 0.4) is 0 Å². The van der Waals surface area contributed by atoms with Gasteiger partial charge in [0.05, 0.1) is 25.5 Å². The third kappa shape index (κ3) is 3.17. The molecule has 0 aliphatic heterocycles. The Morgan fingerprint density at radius 2 is 1.90 bits per heavy atom. The van der Waals surface area contributed by atoms with Crippen LogP contribution in [0.25, 0.3) is 0 Å². The second-order valence-electron chi connectivity index (χ2n) is 4.30. The number of nitrogens with one attached hydrogen (secondary N) is 1. The highest BCUT2D eigenvalue weighted by Gasteiger charge is 2.10. The molecule has 2 aromatic rings.